The second kappa shape index (κ2) is 5.53. The first kappa shape index (κ1) is 11.8. The van der Waals surface area contributed by atoms with Crippen molar-refractivity contribution in [3.8, 4) is 5.75 Å². The SMILES string of the molecule is C=CCC(NN)c1ccc(C)cc1OC. The predicted octanol–water partition coefficient (Wildman–Crippen LogP) is 2.08. The molecule has 15 heavy (non-hydrogen) atoms. The van der Waals surface area contributed by atoms with E-state index < -0.39 is 0 Å². The second-order valence-electron chi connectivity index (χ2n) is 3.49. The summed E-state index contributed by atoms with van der Waals surface area (Å²) in [7, 11) is 1.67. The zero-order valence-corrected chi connectivity index (χ0v) is 9.29. The minimum Gasteiger partial charge on any atom is -0.496 e. The van der Waals surface area contributed by atoms with Gasteiger partial charge in [-0.05, 0) is 25.0 Å². The summed E-state index contributed by atoms with van der Waals surface area (Å²) in [5.74, 6) is 6.36. The summed E-state index contributed by atoms with van der Waals surface area (Å²) in [6.07, 6.45) is 2.61. The van der Waals surface area contributed by atoms with E-state index in [0.29, 0.717) is 0 Å². The van der Waals surface area contributed by atoms with Crippen LogP contribution >= 0.6 is 0 Å². The van der Waals surface area contributed by atoms with E-state index in [-0.39, 0.29) is 6.04 Å². The molecule has 0 amide bonds. The average Bonchev–Trinajstić information content (AvgIpc) is 2.26. The maximum atomic E-state index is 5.50. The van der Waals surface area contributed by atoms with Gasteiger partial charge in [0.1, 0.15) is 5.75 Å². The molecule has 0 aliphatic heterocycles. The van der Waals surface area contributed by atoms with Crippen LogP contribution in [0.15, 0.2) is 30.9 Å². The number of aryl methyl sites for hydroxylation is 1. The topological polar surface area (TPSA) is 47.3 Å². The van der Waals surface area contributed by atoms with Crippen molar-refractivity contribution in [3.63, 3.8) is 0 Å². The molecule has 3 nitrogen and oxygen atoms in total. The predicted molar refractivity (Wildman–Crippen MR) is 62.6 cm³/mol. The van der Waals surface area contributed by atoms with Crippen molar-refractivity contribution in [2.75, 3.05) is 7.11 Å². The number of hydrogen-bond donors (Lipinski definition) is 2. The second-order valence-corrected chi connectivity index (χ2v) is 3.49. The highest BCUT2D eigenvalue weighted by atomic mass is 16.5. The van der Waals surface area contributed by atoms with Crippen LogP contribution in [-0.2, 0) is 0 Å². The smallest absolute Gasteiger partial charge is 0.123 e. The Hall–Kier alpha value is -1.32. The van der Waals surface area contributed by atoms with Gasteiger partial charge in [-0.3, -0.25) is 11.3 Å². The van der Waals surface area contributed by atoms with Crippen LogP contribution in [0.1, 0.15) is 23.6 Å². The molecular formula is C12H18N2O. The normalized spacial score (nSPS) is 12.2. The highest BCUT2D eigenvalue weighted by Gasteiger charge is 2.12. The van der Waals surface area contributed by atoms with Crippen LogP contribution in [0.4, 0.5) is 0 Å². The quantitative estimate of drug-likeness (QED) is 0.440. The molecule has 1 aromatic carbocycles. The molecular weight excluding hydrogens is 188 g/mol. The zero-order valence-electron chi connectivity index (χ0n) is 9.29. The van der Waals surface area contributed by atoms with E-state index in [9.17, 15) is 0 Å². The third-order valence-electron chi connectivity index (χ3n) is 2.37. The highest BCUT2D eigenvalue weighted by molar-refractivity contribution is 5.39. The molecule has 0 aromatic heterocycles. The first-order chi connectivity index (χ1) is 7.22. The molecule has 1 unspecified atom stereocenters. The fraction of sp³-hybridized carbons (Fsp3) is 0.333. The van der Waals surface area contributed by atoms with Gasteiger partial charge in [-0.15, -0.1) is 6.58 Å². The van der Waals surface area contributed by atoms with Gasteiger partial charge in [-0.25, -0.2) is 0 Å². The van der Waals surface area contributed by atoms with Gasteiger partial charge >= 0.3 is 0 Å². The minimum atomic E-state index is 0.0537. The van der Waals surface area contributed by atoms with Crippen molar-refractivity contribution in [2.24, 2.45) is 5.84 Å². The highest BCUT2D eigenvalue weighted by Crippen LogP contribution is 2.27. The molecule has 0 fully saturated rings. The molecule has 3 N–H and O–H groups in total. The minimum absolute atomic E-state index is 0.0537. The van der Waals surface area contributed by atoms with Crippen molar-refractivity contribution >= 4 is 0 Å². The van der Waals surface area contributed by atoms with Gasteiger partial charge in [0.05, 0.1) is 13.2 Å². The molecule has 0 bridgehead atoms. The summed E-state index contributed by atoms with van der Waals surface area (Å²) in [5, 5.41) is 0. The first-order valence-electron chi connectivity index (χ1n) is 4.94. The van der Waals surface area contributed by atoms with Crippen molar-refractivity contribution in [3.05, 3.63) is 42.0 Å². The number of methoxy groups -OCH3 is 1. The standard InChI is InChI=1S/C12H18N2O/c1-4-5-11(14-13)10-7-6-9(2)8-12(10)15-3/h4,6-8,11,14H,1,5,13H2,2-3H3. The van der Waals surface area contributed by atoms with Crippen LogP contribution in [0.3, 0.4) is 0 Å². The third kappa shape index (κ3) is 2.81. The van der Waals surface area contributed by atoms with Crippen LogP contribution in [0.5, 0.6) is 5.75 Å². The summed E-state index contributed by atoms with van der Waals surface area (Å²) in [4.78, 5) is 0. The van der Waals surface area contributed by atoms with Crippen molar-refractivity contribution in [1.29, 1.82) is 0 Å². The molecule has 0 aliphatic rings. The van der Waals surface area contributed by atoms with E-state index in [4.69, 9.17) is 10.6 Å². The Kier molecular flexibility index (Phi) is 4.34. The van der Waals surface area contributed by atoms with Gasteiger partial charge in [0.2, 0.25) is 0 Å². The maximum absolute atomic E-state index is 5.50. The Labute approximate surface area is 90.9 Å². The van der Waals surface area contributed by atoms with Gasteiger partial charge in [-0.2, -0.15) is 0 Å². The first-order valence-corrected chi connectivity index (χ1v) is 4.94. The lowest BCUT2D eigenvalue weighted by Crippen LogP contribution is -2.27. The molecule has 82 valence electrons. The summed E-state index contributed by atoms with van der Waals surface area (Å²) < 4.78 is 5.33. The Morgan fingerprint density at radius 2 is 2.33 bits per heavy atom. The van der Waals surface area contributed by atoms with Crippen LogP contribution in [0, 0.1) is 6.92 Å². The number of hydrogen-bond acceptors (Lipinski definition) is 3. The molecule has 0 aliphatic carbocycles. The Morgan fingerprint density at radius 1 is 1.60 bits per heavy atom. The summed E-state index contributed by atoms with van der Waals surface area (Å²) >= 11 is 0. The molecule has 1 atom stereocenters. The largest absolute Gasteiger partial charge is 0.496 e. The summed E-state index contributed by atoms with van der Waals surface area (Å²) in [6.45, 7) is 5.74. The van der Waals surface area contributed by atoms with E-state index >= 15 is 0 Å². The number of rotatable bonds is 5. The number of nitrogens with two attached hydrogens (primary N) is 1. The molecule has 0 heterocycles. The van der Waals surface area contributed by atoms with E-state index in [1.165, 1.54) is 5.56 Å². The maximum Gasteiger partial charge on any atom is 0.123 e. The summed E-state index contributed by atoms with van der Waals surface area (Å²) in [6, 6.07) is 6.13. The lowest BCUT2D eigenvalue weighted by Gasteiger charge is -2.17. The van der Waals surface area contributed by atoms with Gasteiger partial charge in [0.15, 0.2) is 0 Å². The molecule has 1 aromatic rings. The van der Waals surface area contributed by atoms with Gasteiger partial charge < -0.3 is 4.74 Å². The van der Waals surface area contributed by atoms with Gasteiger partial charge in [0, 0.05) is 5.56 Å². The van der Waals surface area contributed by atoms with Crippen LogP contribution < -0.4 is 16.0 Å². The van der Waals surface area contributed by atoms with Gasteiger partial charge in [0.25, 0.3) is 0 Å². The average molecular weight is 206 g/mol. The molecule has 0 saturated carbocycles. The van der Waals surface area contributed by atoms with E-state index in [2.05, 4.69) is 12.0 Å². The summed E-state index contributed by atoms with van der Waals surface area (Å²) in [5.41, 5.74) is 4.99. The van der Waals surface area contributed by atoms with Crippen LogP contribution in [0.2, 0.25) is 0 Å². The molecule has 0 radical (unpaired) electrons. The Bertz CT molecular complexity index is 336. The third-order valence-corrected chi connectivity index (χ3v) is 2.37. The Balaban J connectivity index is 3.04. The van der Waals surface area contributed by atoms with Crippen LogP contribution in [-0.4, -0.2) is 7.11 Å². The van der Waals surface area contributed by atoms with Gasteiger partial charge in [-0.1, -0.05) is 18.2 Å². The number of nitrogens with one attached hydrogen (secondary N) is 1. The monoisotopic (exact) mass is 206 g/mol. The molecule has 1 rings (SSSR count). The Morgan fingerprint density at radius 3 is 2.87 bits per heavy atom. The number of ether oxygens (including phenoxy) is 1. The van der Waals surface area contributed by atoms with Crippen molar-refractivity contribution in [1.82, 2.24) is 5.43 Å². The van der Waals surface area contributed by atoms with E-state index in [0.717, 1.165) is 17.7 Å². The van der Waals surface area contributed by atoms with Crippen molar-refractivity contribution < 1.29 is 4.74 Å². The fourth-order valence-corrected chi connectivity index (χ4v) is 1.56. The van der Waals surface area contributed by atoms with Crippen molar-refractivity contribution in [2.45, 2.75) is 19.4 Å². The number of hydrazine groups is 1. The molecule has 0 saturated heterocycles. The molecule has 3 heteroatoms. The zero-order chi connectivity index (χ0) is 11.3. The van der Waals surface area contributed by atoms with Crippen LogP contribution in [0.25, 0.3) is 0 Å². The molecule has 0 spiro atoms. The lowest BCUT2D eigenvalue weighted by atomic mass is 10.0. The lowest BCUT2D eigenvalue weighted by molar-refractivity contribution is 0.399. The van der Waals surface area contributed by atoms with E-state index in [1.54, 1.807) is 7.11 Å². The van der Waals surface area contributed by atoms with E-state index in [1.807, 2.05) is 31.2 Å². The fourth-order valence-electron chi connectivity index (χ4n) is 1.56. The number of benzene rings is 1.